The molecule has 1 atom stereocenters. The van der Waals surface area contributed by atoms with Crippen molar-refractivity contribution in [2.45, 2.75) is 32.2 Å². The highest BCUT2D eigenvalue weighted by atomic mass is 16.4. The van der Waals surface area contributed by atoms with Crippen molar-refractivity contribution >= 4 is 5.65 Å². The van der Waals surface area contributed by atoms with Crippen LogP contribution in [0.1, 0.15) is 31.2 Å². The van der Waals surface area contributed by atoms with Gasteiger partial charge in [0.15, 0.2) is 0 Å². The first-order chi connectivity index (χ1) is 13.2. The molecule has 0 N–H and O–H groups in total. The van der Waals surface area contributed by atoms with Crippen LogP contribution in [0, 0.1) is 24.2 Å². The number of fused-ring (bicyclic) bond motifs is 1. The Morgan fingerprint density at radius 1 is 1.37 bits per heavy atom. The van der Waals surface area contributed by atoms with E-state index in [4.69, 9.17) is 14.7 Å². The lowest BCUT2D eigenvalue weighted by atomic mass is 10.1. The molecule has 0 spiro atoms. The number of nitrogens with zero attached hydrogens (tertiary/aromatic N) is 8. The van der Waals surface area contributed by atoms with Crippen molar-refractivity contribution in [1.82, 2.24) is 34.3 Å². The number of hydrogen-bond acceptors (Lipinski definition) is 7. The van der Waals surface area contributed by atoms with Gasteiger partial charge in [0.25, 0.3) is 5.89 Å². The zero-order valence-corrected chi connectivity index (χ0v) is 14.6. The molecule has 9 nitrogen and oxygen atoms in total. The van der Waals surface area contributed by atoms with E-state index in [2.05, 4.69) is 26.3 Å². The number of hydrogen-bond donors (Lipinski definition) is 0. The van der Waals surface area contributed by atoms with Crippen molar-refractivity contribution in [3.63, 3.8) is 0 Å². The summed E-state index contributed by atoms with van der Waals surface area (Å²) in [5, 5.41) is 21.6. The van der Waals surface area contributed by atoms with E-state index in [9.17, 15) is 0 Å². The van der Waals surface area contributed by atoms with Crippen molar-refractivity contribution in [1.29, 1.82) is 5.26 Å². The maximum atomic E-state index is 9.14. The van der Waals surface area contributed by atoms with Crippen molar-refractivity contribution < 1.29 is 4.42 Å². The lowest BCUT2D eigenvalue weighted by molar-refractivity contribution is 0.412. The quantitative estimate of drug-likeness (QED) is 0.538. The van der Waals surface area contributed by atoms with E-state index >= 15 is 0 Å². The first-order valence-electron chi connectivity index (χ1n) is 8.79. The molecular weight excluding hydrogens is 344 g/mol. The van der Waals surface area contributed by atoms with Gasteiger partial charge in [-0.2, -0.15) is 10.4 Å². The van der Waals surface area contributed by atoms with Crippen LogP contribution in [-0.4, -0.2) is 34.3 Å². The fourth-order valence-corrected chi connectivity index (χ4v) is 3.32. The third kappa shape index (κ3) is 2.75. The molecule has 0 aliphatic heterocycles. The summed E-state index contributed by atoms with van der Waals surface area (Å²) >= 11 is 0. The average molecular weight is 360 g/mol. The number of nitriles is 1. The second-order valence-electron chi connectivity index (χ2n) is 6.72. The minimum atomic E-state index is 0.115. The van der Waals surface area contributed by atoms with Crippen LogP contribution in [0.5, 0.6) is 0 Å². The molecule has 0 amide bonds. The van der Waals surface area contributed by atoms with Crippen molar-refractivity contribution in [2.24, 2.45) is 5.92 Å². The summed E-state index contributed by atoms with van der Waals surface area (Å²) in [5.74, 6) is 2.06. The molecule has 1 saturated carbocycles. The van der Waals surface area contributed by atoms with Gasteiger partial charge in [0.2, 0.25) is 5.89 Å². The normalized spacial score (nSPS) is 15.1. The van der Waals surface area contributed by atoms with E-state index in [-0.39, 0.29) is 6.04 Å². The fraction of sp³-hybridized carbons (Fsp3) is 0.333. The third-order valence-electron chi connectivity index (χ3n) is 4.80. The van der Waals surface area contributed by atoms with Crippen LogP contribution in [0.4, 0.5) is 0 Å². The summed E-state index contributed by atoms with van der Waals surface area (Å²) in [7, 11) is 0. The molecule has 9 heteroatoms. The van der Waals surface area contributed by atoms with Gasteiger partial charge in [-0.05, 0) is 18.8 Å². The molecule has 4 heterocycles. The van der Waals surface area contributed by atoms with Gasteiger partial charge in [0, 0.05) is 31.6 Å². The van der Waals surface area contributed by atoms with Gasteiger partial charge in [0.05, 0.1) is 30.3 Å². The molecule has 5 rings (SSSR count). The second-order valence-corrected chi connectivity index (χ2v) is 6.72. The molecule has 4 aromatic rings. The van der Waals surface area contributed by atoms with E-state index in [0.717, 1.165) is 24.1 Å². The van der Waals surface area contributed by atoms with Gasteiger partial charge in [-0.15, -0.1) is 10.2 Å². The second kappa shape index (κ2) is 6.02. The molecule has 0 saturated heterocycles. The number of imidazole rings is 1. The van der Waals surface area contributed by atoms with Crippen molar-refractivity contribution in [3.05, 3.63) is 36.7 Å². The monoisotopic (exact) mass is 360 g/mol. The van der Waals surface area contributed by atoms with Gasteiger partial charge in [-0.3, -0.25) is 9.08 Å². The van der Waals surface area contributed by atoms with Crippen LogP contribution >= 0.6 is 0 Å². The Kier molecular flexibility index (Phi) is 3.50. The van der Waals surface area contributed by atoms with Gasteiger partial charge in [-0.1, -0.05) is 0 Å². The predicted molar refractivity (Wildman–Crippen MR) is 94.2 cm³/mol. The Bertz CT molecular complexity index is 1160. The number of aryl methyl sites for hydroxylation is 1. The summed E-state index contributed by atoms with van der Waals surface area (Å²) in [6.45, 7) is 1.74. The topological polar surface area (TPSA) is 111 Å². The summed E-state index contributed by atoms with van der Waals surface area (Å²) in [6, 6.07) is 4.20. The van der Waals surface area contributed by atoms with Gasteiger partial charge < -0.3 is 4.42 Å². The predicted octanol–water partition coefficient (Wildman–Crippen LogP) is 2.82. The van der Waals surface area contributed by atoms with Crippen LogP contribution in [-0.2, 0) is 0 Å². The maximum absolute atomic E-state index is 9.14. The molecule has 0 aromatic carbocycles. The number of rotatable bonds is 5. The zero-order chi connectivity index (χ0) is 18.4. The van der Waals surface area contributed by atoms with Gasteiger partial charge >= 0.3 is 0 Å². The Hall–Kier alpha value is -3.54. The lowest BCUT2D eigenvalue weighted by Crippen LogP contribution is -2.11. The first-order valence-corrected chi connectivity index (χ1v) is 8.79. The Balaban J connectivity index is 1.60. The molecule has 1 aliphatic rings. The average Bonchev–Trinajstić information content (AvgIpc) is 3.07. The van der Waals surface area contributed by atoms with Gasteiger partial charge in [0.1, 0.15) is 17.2 Å². The SMILES string of the molecule is Cc1nnc(-c2cc3nccn3c(-c3cnn(C(CC#N)C4CC4)c3)n2)o1. The highest BCUT2D eigenvalue weighted by Gasteiger charge is 2.33. The molecular formula is C18H16N8O. The standard InChI is InChI=1S/C18H16N8O/c1-11-23-24-18(27-11)14-8-16-20-6-7-25(16)17(22-14)13-9-21-26(10-13)15(4-5-19)12-2-3-12/h6-10,12,15H,2-4H2,1H3. The Morgan fingerprint density at radius 2 is 2.26 bits per heavy atom. The van der Waals surface area contributed by atoms with Crippen LogP contribution in [0.15, 0.2) is 35.3 Å². The maximum Gasteiger partial charge on any atom is 0.266 e. The number of aromatic nitrogens is 7. The minimum Gasteiger partial charge on any atom is -0.420 e. The van der Waals surface area contributed by atoms with Crippen LogP contribution in [0.3, 0.4) is 0 Å². The Morgan fingerprint density at radius 3 is 3.00 bits per heavy atom. The van der Waals surface area contributed by atoms with E-state index in [1.54, 1.807) is 19.3 Å². The largest absolute Gasteiger partial charge is 0.420 e. The summed E-state index contributed by atoms with van der Waals surface area (Å²) in [5.41, 5.74) is 2.14. The highest BCUT2D eigenvalue weighted by Crippen LogP contribution is 2.41. The summed E-state index contributed by atoms with van der Waals surface area (Å²) < 4.78 is 9.31. The molecule has 27 heavy (non-hydrogen) atoms. The van der Waals surface area contributed by atoms with E-state index in [0.29, 0.717) is 35.6 Å². The molecule has 4 aromatic heterocycles. The Labute approximate surface area is 154 Å². The van der Waals surface area contributed by atoms with E-state index in [1.807, 2.05) is 27.5 Å². The van der Waals surface area contributed by atoms with Crippen molar-refractivity contribution in [3.8, 4) is 29.0 Å². The summed E-state index contributed by atoms with van der Waals surface area (Å²) in [6.07, 6.45) is 10.1. The molecule has 0 radical (unpaired) electrons. The van der Waals surface area contributed by atoms with Crippen LogP contribution in [0.25, 0.3) is 28.6 Å². The first kappa shape index (κ1) is 15.7. The van der Waals surface area contributed by atoms with Gasteiger partial charge in [-0.25, -0.2) is 9.97 Å². The van der Waals surface area contributed by atoms with Crippen LogP contribution in [0.2, 0.25) is 0 Å². The van der Waals surface area contributed by atoms with Crippen molar-refractivity contribution in [2.75, 3.05) is 0 Å². The highest BCUT2D eigenvalue weighted by molar-refractivity contribution is 5.64. The molecule has 0 bridgehead atoms. The smallest absolute Gasteiger partial charge is 0.266 e. The molecule has 1 fully saturated rings. The fourth-order valence-electron chi connectivity index (χ4n) is 3.32. The van der Waals surface area contributed by atoms with Crippen LogP contribution < -0.4 is 0 Å². The minimum absolute atomic E-state index is 0.115. The molecule has 1 aliphatic carbocycles. The molecule has 1 unspecified atom stereocenters. The zero-order valence-electron chi connectivity index (χ0n) is 14.6. The molecule has 134 valence electrons. The third-order valence-corrected chi connectivity index (χ3v) is 4.80. The summed E-state index contributed by atoms with van der Waals surface area (Å²) in [4.78, 5) is 9.08. The lowest BCUT2D eigenvalue weighted by Gasteiger charge is -2.12. The van der Waals surface area contributed by atoms with E-state index in [1.165, 1.54) is 0 Å². The van der Waals surface area contributed by atoms with E-state index < -0.39 is 0 Å².